The third-order valence-electron chi connectivity index (χ3n) is 3.28. The van der Waals surface area contributed by atoms with Crippen LogP contribution in [0.5, 0.6) is 11.5 Å². The van der Waals surface area contributed by atoms with Crippen molar-refractivity contribution in [3.05, 3.63) is 53.9 Å². The van der Waals surface area contributed by atoms with Gasteiger partial charge in [0, 0.05) is 22.6 Å². The third kappa shape index (κ3) is 2.17. The van der Waals surface area contributed by atoms with Crippen molar-refractivity contribution in [1.29, 1.82) is 0 Å². The molecule has 0 aromatic heterocycles. The normalized spacial score (nSPS) is 16.9. The molecule has 1 radical (unpaired) electrons. The molecule has 3 heteroatoms. The maximum absolute atomic E-state index is 6.09. The Morgan fingerprint density at radius 2 is 2.11 bits per heavy atom. The lowest BCUT2D eigenvalue weighted by molar-refractivity contribution is 0.282. The summed E-state index contributed by atoms with van der Waals surface area (Å²) in [7, 11) is 1.65. The highest BCUT2D eigenvalue weighted by atomic mass is 35.5. The van der Waals surface area contributed by atoms with Crippen LogP contribution in [0.1, 0.15) is 5.56 Å². The van der Waals surface area contributed by atoms with E-state index in [4.69, 9.17) is 21.1 Å². The second-order valence-corrected chi connectivity index (χ2v) is 5.02. The average molecular weight is 274 g/mol. The quantitative estimate of drug-likeness (QED) is 0.818. The van der Waals surface area contributed by atoms with Gasteiger partial charge in [-0.3, -0.25) is 0 Å². The topological polar surface area (TPSA) is 18.5 Å². The zero-order chi connectivity index (χ0) is 13.4. The van der Waals surface area contributed by atoms with E-state index >= 15 is 0 Å². The van der Waals surface area contributed by atoms with Crippen LogP contribution in [0.4, 0.5) is 0 Å². The molecule has 0 saturated carbocycles. The number of halogens is 1. The fourth-order valence-electron chi connectivity index (χ4n) is 2.44. The van der Waals surface area contributed by atoms with Gasteiger partial charge >= 0.3 is 0 Å². The molecular formula is C16H14ClO2. The van der Waals surface area contributed by atoms with Gasteiger partial charge in [0.15, 0.2) is 0 Å². The summed E-state index contributed by atoms with van der Waals surface area (Å²) >= 11 is 6.09. The Kier molecular flexibility index (Phi) is 3.11. The maximum atomic E-state index is 6.09. The molecule has 0 fully saturated rings. The van der Waals surface area contributed by atoms with E-state index in [9.17, 15) is 0 Å². The van der Waals surface area contributed by atoms with Gasteiger partial charge in [-0.1, -0.05) is 29.8 Å². The van der Waals surface area contributed by atoms with Crippen LogP contribution in [0.25, 0.3) is 11.1 Å². The van der Waals surface area contributed by atoms with Crippen molar-refractivity contribution < 1.29 is 9.47 Å². The van der Waals surface area contributed by atoms with Gasteiger partial charge in [0.25, 0.3) is 0 Å². The highest BCUT2D eigenvalue weighted by Crippen LogP contribution is 2.42. The van der Waals surface area contributed by atoms with Gasteiger partial charge in [0.05, 0.1) is 7.11 Å². The van der Waals surface area contributed by atoms with Crippen molar-refractivity contribution in [3.63, 3.8) is 0 Å². The molecule has 1 unspecified atom stereocenters. The molecule has 0 N–H and O–H groups in total. The Morgan fingerprint density at radius 1 is 1.26 bits per heavy atom. The number of fused-ring (bicyclic) bond motifs is 1. The van der Waals surface area contributed by atoms with Crippen LogP contribution < -0.4 is 9.47 Å². The smallest absolute Gasteiger partial charge is 0.131 e. The summed E-state index contributed by atoms with van der Waals surface area (Å²) in [5, 5.41) is 0.678. The van der Waals surface area contributed by atoms with Crippen molar-refractivity contribution in [2.24, 2.45) is 0 Å². The Morgan fingerprint density at radius 3 is 2.89 bits per heavy atom. The van der Waals surface area contributed by atoms with E-state index < -0.39 is 0 Å². The van der Waals surface area contributed by atoms with Crippen molar-refractivity contribution in [2.45, 2.75) is 12.5 Å². The second-order valence-electron chi connectivity index (χ2n) is 4.58. The van der Waals surface area contributed by atoms with Crippen molar-refractivity contribution in [2.75, 3.05) is 7.11 Å². The lowest BCUT2D eigenvalue weighted by Gasteiger charge is -2.13. The highest BCUT2D eigenvalue weighted by molar-refractivity contribution is 6.31. The van der Waals surface area contributed by atoms with Gasteiger partial charge in [-0.25, -0.2) is 0 Å². The summed E-state index contributed by atoms with van der Waals surface area (Å²) in [5.41, 5.74) is 3.13. The third-order valence-corrected chi connectivity index (χ3v) is 3.52. The van der Waals surface area contributed by atoms with Crippen LogP contribution in [-0.4, -0.2) is 13.2 Å². The number of benzene rings is 2. The first-order valence-corrected chi connectivity index (χ1v) is 6.52. The van der Waals surface area contributed by atoms with Gasteiger partial charge in [-0.15, -0.1) is 0 Å². The lowest BCUT2D eigenvalue weighted by atomic mass is 10.00. The molecule has 19 heavy (non-hydrogen) atoms. The lowest BCUT2D eigenvalue weighted by Crippen LogP contribution is -2.06. The van der Waals surface area contributed by atoms with Crippen LogP contribution in [0.2, 0.25) is 5.02 Å². The minimum absolute atomic E-state index is 0.0265. The Labute approximate surface area is 117 Å². The number of hydrogen-bond donors (Lipinski definition) is 0. The van der Waals surface area contributed by atoms with Crippen molar-refractivity contribution in [1.82, 2.24) is 0 Å². The monoisotopic (exact) mass is 273 g/mol. The molecule has 2 aromatic rings. The van der Waals surface area contributed by atoms with Gasteiger partial charge < -0.3 is 9.47 Å². The second kappa shape index (κ2) is 4.78. The Bertz CT molecular complexity index is 622. The largest absolute Gasteiger partial charge is 0.496 e. The van der Waals surface area contributed by atoms with Crippen LogP contribution in [0.3, 0.4) is 0 Å². The zero-order valence-corrected chi connectivity index (χ0v) is 11.4. The van der Waals surface area contributed by atoms with Gasteiger partial charge in [0.1, 0.15) is 17.6 Å². The summed E-state index contributed by atoms with van der Waals surface area (Å²) in [6.07, 6.45) is 0.813. The van der Waals surface area contributed by atoms with Crippen LogP contribution in [0.15, 0.2) is 36.4 Å². The molecule has 1 heterocycles. The molecule has 0 saturated heterocycles. The predicted octanol–water partition coefficient (Wildman–Crippen LogP) is 4.15. The standard InChI is InChI=1S/C16H14ClO2/c1-10-8-11-4-3-5-13(16(11)19-10)14-9-12(17)6-7-15(14)18-2/h3-7,9-10H,1,8H2,2H3. The molecule has 1 atom stereocenters. The van der Waals surface area contributed by atoms with Gasteiger partial charge in [-0.2, -0.15) is 0 Å². The minimum atomic E-state index is -0.0265. The fourth-order valence-corrected chi connectivity index (χ4v) is 2.61. The molecule has 1 aliphatic heterocycles. The number of para-hydroxylation sites is 1. The Hall–Kier alpha value is -1.67. The highest BCUT2D eigenvalue weighted by Gasteiger charge is 2.23. The Balaban J connectivity index is 2.19. The molecule has 0 aliphatic carbocycles. The van der Waals surface area contributed by atoms with Crippen LogP contribution in [0, 0.1) is 6.92 Å². The molecule has 1 aliphatic rings. The average Bonchev–Trinajstić information content (AvgIpc) is 2.78. The van der Waals surface area contributed by atoms with Crippen molar-refractivity contribution in [3.8, 4) is 22.6 Å². The number of methoxy groups -OCH3 is 1. The van der Waals surface area contributed by atoms with Crippen LogP contribution in [-0.2, 0) is 6.42 Å². The minimum Gasteiger partial charge on any atom is -0.496 e. The molecule has 2 aromatic carbocycles. The summed E-state index contributed by atoms with van der Waals surface area (Å²) < 4.78 is 11.2. The number of hydrogen-bond acceptors (Lipinski definition) is 2. The van der Waals surface area contributed by atoms with E-state index in [0.29, 0.717) is 5.02 Å². The summed E-state index contributed by atoms with van der Waals surface area (Å²) in [5.74, 6) is 1.68. The maximum Gasteiger partial charge on any atom is 0.131 e. The summed E-state index contributed by atoms with van der Waals surface area (Å²) in [6.45, 7) is 3.97. The van der Waals surface area contributed by atoms with Crippen molar-refractivity contribution >= 4 is 11.6 Å². The van der Waals surface area contributed by atoms with Crippen LogP contribution >= 0.6 is 11.6 Å². The van der Waals surface area contributed by atoms with E-state index in [1.54, 1.807) is 7.11 Å². The molecule has 3 rings (SSSR count). The molecule has 0 bridgehead atoms. The van der Waals surface area contributed by atoms with E-state index in [-0.39, 0.29) is 6.10 Å². The number of ether oxygens (including phenoxy) is 2. The zero-order valence-electron chi connectivity index (χ0n) is 10.7. The van der Waals surface area contributed by atoms with E-state index in [1.807, 2.05) is 30.3 Å². The molecule has 97 valence electrons. The van der Waals surface area contributed by atoms with E-state index in [0.717, 1.165) is 29.0 Å². The first-order valence-electron chi connectivity index (χ1n) is 6.14. The van der Waals surface area contributed by atoms with Gasteiger partial charge in [-0.05, 0) is 30.7 Å². The molecule has 2 nitrogen and oxygen atoms in total. The predicted molar refractivity (Wildman–Crippen MR) is 76.9 cm³/mol. The van der Waals surface area contributed by atoms with Gasteiger partial charge in [0.2, 0.25) is 0 Å². The van der Waals surface area contributed by atoms with E-state index in [2.05, 4.69) is 13.0 Å². The SMILES string of the molecule is [CH2]C1Cc2cccc(-c3cc(Cl)ccc3OC)c2O1. The number of rotatable bonds is 2. The summed E-state index contributed by atoms with van der Waals surface area (Å²) in [6, 6.07) is 11.7. The first kappa shape index (κ1) is 12.4. The first-order chi connectivity index (χ1) is 9.19. The fraction of sp³-hybridized carbons (Fsp3) is 0.188. The molecule has 0 amide bonds. The molecular weight excluding hydrogens is 260 g/mol. The van der Waals surface area contributed by atoms with E-state index in [1.165, 1.54) is 5.56 Å². The molecule has 0 spiro atoms. The summed E-state index contributed by atoms with van der Waals surface area (Å²) in [4.78, 5) is 0.